The van der Waals surface area contributed by atoms with Gasteiger partial charge in [-0.05, 0) is 38.8 Å². The highest BCUT2D eigenvalue weighted by atomic mass is 32.2. The number of hydrogen-bond donors (Lipinski definition) is 1. The Bertz CT molecular complexity index is 879. The van der Waals surface area contributed by atoms with Gasteiger partial charge in [-0.25, -0.2) is 0 Å². The molecule has 1 heterocycles. The summed E-state index contributed by atoms with van der Waals surface area (Å²) < 4.78 is 13.4. The summed E-state index contributed by atoms with van der Waals surface area (Å²) in [6.07, 6.45) is 7.21. The molecule has 8 heteroatoms. The first-order chi connectivity index (χ1) is 15.0. The number of methoxy groups -OCH3 is 1. The number of aromatic nitrogens is 3. The van der Waals surface area contributed by atoms with E-state index in [1.807, 2.05) is 42.7 Å². The minimum atomic E-state index is -0.357. The molecule has 31 heavy (non-hydrogen) atoms. The number of ether oxygens (including phenoxy) is 2. The summed E-state index contributed by atoms with van der Waals surface area (Å²) in [5.74, 6) is 2.02. The Hall–Kier alpha value is -2.48. The van der Waals surface area contributed by atoms with Gasteiger partial charge in [-0.15, -0.1) is 16.8 Å². The van der Waals surface area contributed by atoms with Gasteiger partial charge in [0, 0.05) is 12.6 Å². The molecule has 0 spiro atoms. The Balaban J connectivity index is 1.70. The van der Waals surface area contributed by atoms with E-state index in [1.54, 1.807) is 13.2 Å². The second-order valence-electron chi connectivity index (χ2n) is 7.75. The maximum absolute atomic E-state index is 12.7. The lowest BCUT2D eigenvalue weighted by Gasteiger charge is -2.24. The van der Waals surface area contributed by atoms with Crippen molar-refractivity contribution >= 4 is 17.7 Å². The molecular formula is C23H32N4O3S. The predicted octanol–water partition coefficient (Wildman–Crippen LogP) is 4.54. The van der Waals surface area contributed by atoms with Gasteiger partial charge in [0.2, 0.25) is 5.91 Å². The summed E-state index contributed by atoms with van der Waals surface area (Å²) >= 11 is 1.41. The summed E-state index contributed by atoms with van der Waals surface area (Å²) in [6.45, 7) is 8.21. The van der Waals surface area contributed by atoms with Crippen LogP contribution in [0.2, 0.25) is 0 Å². The van der Waals surface area contributed by atoms with Crippen molar-refractivity contribution in [2.75, 3.05) is 7.11 Å². The Morgan fingerprint density at radius 2 is 1.97 bits per heavy atom. The molecule has 1 fully saturated rings. The van der Waals surface area contributed by atoms with Gasteiger partial charge in [0.05, 0.1) is 12.4 Å². The van der Waals surface area contributed by atoms with Crippen molar-refractivity contribution in [3.8, 4) is 11.5 Å². The molecule has 1 aliphatic rings. The van der Waals surface area contributed by atoms with Crippen molar-refractivity contribution in [1.29, 1.82) is 0 Å². The van der Waals surface area contributed by atoms with Crippen molar-refractivity contribution in [2.45, 2.75) is 75.0 Å². The van der Waals surface area contributed by atoms with Crippen LogP contribution in [0.1, 0.15) is 57.9 Å². The van der Waals surface area contributed by atoms with Crippen LogP contribution in [-0.2, 0) is 11.3 Å². The Morgan fingerprint density at radius 3 is 2.65 bits per heavy atom. The van der Waals surface area contributed by atoms with Crippen LogP contribution in [-0.4, -0.2) is 39.1 Å². The summed E-state index contributed by atoms with van der Waals surface area (Å²) in [5, 5.41) is 12.3. The topological polar surface area (TPSA) is 78.3 Å². The number of allylic oxidation sites excluding steroid dienone is 1. The number of carbonyl (C=O) groups is 1. The molecule has 2 atom stereocenters. The number of para-hydroxylation sites is 2. The van der Waals surface area contributed by atoms with Gasteiger partial charge in [0.25, 0.3) is 0 Å². The second-order valence-corrected chi connectivity index (χ2v) is 9.06. The fourth-order valence-electron chi connectivity index (χ4n) is 3.73. The second kappa shape index (κ2) is 11.2. The van der Waals surface area contributed by atoms with E-state index in [-0.39, 0.29) is 17.3 Å². The summed E-state index contributed by atoms with van der Waals surface area (Å²) in [7, 11) is 1.61. The predicted molar refractivity (Wildman–Crippen MR) is 123 cm³/mol. The molecule has 168 valence electrons. The monoisotopic (exact) mass is 444 g/mol. The molecule has 1 aliphatic carbocycles. The molecule has 0 bridgehead atoms. The fourth-order valence-corrected chi connectivity index (χ4v) is 4.60. The smallest absolute Gasteiger partial charge is 0.233 e. The third-order valence-electron chi connectivity index (χ3n) is 5.40. The summed E-state index contributed by atoms with van der Waals surface area (Å²) in [5.41, 5.74) is 0. The lowest BCUT2D eigenvalue weighted by Crippen LogP contribution is -2.40. The summed E-state index contributed by atoms with van der Waals surface area (Å²) in [6, 6.07) is 7.79. The molecule has 7 nitrogen and oxygen atoms in total. The molecule has 3 rings (SSSR count). The number of carbonyl (C=O) groups excluding carboxylic acids is 1. The number of nitrogens with zero attached hydrogens (tertiary/aromatic N) is 3. The molecule has 2 unspecified atom stereocenters. The van der Waals surface area contributed by atoms with Gasteiger partial charge in [0.1, 0.15) is 0 Å². The lowest BCUT2D eigenvalue weighted by molar-refractivity contribution is -0.121. The largest absolute Gasteiger partial charge is 0.493 e. The lowest BCUT2D eigenvalue weighted by atomic mass is 9.95. The van der Waals surface area contributed by atoms with Crippen LogP contribution in [0, 0.1) is 0 Å². The number of amides is 1. The minimum Gasteiger partial charge on any atom is -0.493 e. The minimum absolute atomic E-state index is 0.0462. The van der Waals surface area contributed by atoms with Crippen LogP contribution < -0.4 is 14.8 Å². The van der Waals surface area contributed by atoms with E-state index in [1.165, 1.54) is 31.0 Å². The highest BCUT2D eigenvalue weighted by molar-refractivity contribution is 8.00. The number of rotatable bonds is 10. The Labute approximate surface area is 188 Å². The molecule has 1 saturated carbocycles. The fraction of sp³-hybridized carbons (Fsp3) is 0.522. The van der Waals surface area contributed by atoms with Crippen LogP contribution in [0.15, 0.2) is 42.1 Å². The number of nitrogens with one attached hydrogen (secondary N) is 1. The Kier molecular flexibility index (Phi) is 8.40. The van der Waals surface area contributed by atoms with Crippen LogP contribution in [0.3, 0.4) is 0 Å². The van der Waals surface area contributed by atoms with Crippen molar-refractivity contribution < 1.29 is 14.3 Å². The maximum Gasteiger partial charge on any atom is 0.233 e. The molecule has 1 aromatic carbocycles. The van der Waals surface area contributed by atoms with E-state index < -0.39 is 0 Å². The molecule has 1 N–H and O–H groups in total. The van der Waals surface area contributed by atoms with E-state index in [2.05, 4.69) is 22.1 Å². The van der Waals surface area contributed by atoms with Crippen LogP contribution >= 0.6 is 11.8 Å². The van der Waals surface area contributed by atoms with Crippen molar-refractivity contribution in [2.24, 2.45) is 0 Å². The highest BCUT2D eigenvalue weighted by Gasteiger charge is 2.25. The van der Waals surface area contributed by atoms with Crippen LogP contribution in [0.5, 0.6) is 11.5 Å². The normalized spacial score (nSPS) is 16.4. The van der Waals surface area contributed by atoms with Gasteiger partial charge in [0.15, 0.2) is 28.6 Å². The van der Waals surface area contributed by atoms with E-state index in [4.69, 9.17) is 9.47 Å². The molecule has 1 aromatic heterocycles. The number of hydrogen-bond acceptors (Lipinski definition) is 6. The zero-order valence-corrected chi connectivity index (χ0v) is 19.4. The quantitative estimate of drug-likeness (QED) is 0.428. The third kappa shape index (κ3) is 6.03. The number of thioether (sulfide) groups is 1. The van der Waals surface area contributed by atoms with E-state index in [0.717, 1.165) is 12.8 Å². The van der Waals surface area contributed by atoms with E-state index in [9.17, 15) is 4.79 Å². The van der Waals surface area contributed by atoms with Gasteiger partial charge < -0.3 is 14.8 Å². The van der Waals surface area contributed by atoms with E-state index >= 15 is 0 Å². The number of benzene rings is 1. The zero-order valence-electron chi connectivity index (χ0n) is 18.5. The SMILES string of the molecule is C=CCn1c(SC(C)C(=O)NC2CCCCC2)nnc1C(C)Oc1ccccc1OC. The standard InChI is InChI=1S/C23H32N4O3S/c1-5-15-27-21(16(2)30-20-14-10-9-13-19(20)29-4)25-26-23(27)31-17(3)22(28)24-18-11-7-6-8-12-18/h5,9-10,13-14,16-18H,1,6-8,11-12,15H2,2-4H3,(H,24,28). The van der Waals surface area contributed by atoms with Gasteiger partial charge in [-0.1, -0.05) is 49.2 Å². The average Bonchev–Trinajstić information content (AvgIpc) is 3.17. The van der Waals surface area contributed by atoms with Crippen LogP contribution in [0.4, 0.5) is 0 Å². The van der Waals surface area contributed by atoms with Gasteiger partial charge >= 0.3 is 0 Å². The van der Waals surface area contributed by atoms with Gasteiger partial charge in [-0.2, -0.15) is 0 Å². The van der Waals surface area contributed by atoms with Gasteiger partial charge in [-0.3, -0.25) is 9.36 Å². The third-order valence-corrected chi connectivity index (χ3v) is 6.48. The first-order valence-electron chi connectivity index (χ1n) is 10.8. The maximum atomic E-state index is 12.7. The van der Waals surface area contributed by atoms with Crippen molar-refractivity contribution in [1.82, 2.24) is 20.1 Å². The first-order valence-corrected chi connectivity index (χ1v) is 11.7. The van der Waals surface area contributed by atoms with Crippen LogP contribution in [0.25, 0.3) is 0 Å². The molecule has 1 amide bonds. The van der Waals surface area contributed by atoms with Crippen molar-refractivity contribution in [3.63, 3.8) is 0 Å². The molecule has 0 saturated heterocycles. The summed E-state index contributed by atoms with van der Waals surface area (Å²) in [4.78, 5) is 12.7. The molecule has 0 aliphatic heterocycles. The molecular weight excluding hydrogens is 412 g/mol. The average molecular weight is 445 g/mol. The molecule has 0 radical (unpaired) electrons. The highest BCUT2D eigenvalue weighted by Crippen LogP contribution is 2.32. The van der Waals surface area contributed by atoms with Crippen molar-refractivity contribution in [3.05, 3.63) is 42.7 Å². The zero-order chi connectivity index (χ0) is 22.2. The first kappa shape index (κ1) is 23.2. The van der Waals surface area contributed by atoms with E-state index in [0.29, 0.717) is 35.1 Å². The Morgan fingerprint density at radius 1 is 1.26 bits per heavy atom. The molecule has 2 aromatic rings.